The van der Waals surface area contributed by atoms with E-state index in [0.717, 1.165) is 6.42 Å². The second kappa shape index (κ2) is 6.58. The van der Waals surface area contributed by atoms with E-state index < -0.39 is 0 Å². The van der Waals surface area contributed by atoms with Crippen LogP contribution in [-0.4, -0.2) is 9.52 Å². The molecule has 5 rings (SSSR count). The highest BCUT2D eigenvalue weighted by molar-refractivity contribution is 6.43. The predicted molar refractivity (Wildman–Crippen MR) is 114 cm³/mol. The molecule has 0 aromatic heterocycles. The van der Waals surface area contributed by atoms with Crippen molar-refractivity contribution in [3.8, 4) is 0 Å². The third-order valence-corrected chi connectivity index (χ3v) is 8.46. The maximum Gasteiger partial charge on any atom is 0.0471 e. The maximum absolute atomic E-state index is 2.46. The molecule has 26 heavy (non-hydrogen) atoms. The molecule has 0 fully saturated rings. The average molecular weight is 351 g/mol. The zero-order chi connectivity index (χ0) is 17.3. The number of allylic oxidation sites excluding steroid dienone is 2. The van der Waals surface area contributed by atoms with Crippen LogP contribution in [0.15, 0.2) is 90.5 Å². The molecule has 0 N–H and O–H groups in total. The van der Waals surface area contributed by atoms with Crippen LogP contribution >= 0.6 is 0 Å². The van der Waals surface area contributed by atoms with E-state index in [1.807, 2.05) is 0 Å². The highest BCUT2D eigenvalue weighted by Crippen LogP contribution is 2.41. The van der Waals surface area contributed by atoms with Crippen molar-refractivity contribution in [3.63, 3.8) is 0 Å². The standard InChI is InChI=1S/C25H22Si/c1-2-8-18(9-3-1)16-21-17-20-11-5-7-13-23(20)25(21)26-24-15-14-19-10-4-6-12-22(19)24/h1-15,17,24-25H,16,26H2. The van der Waals surface area contributed by atoms with Crippen LogP contribution in [0.3, 0.4) is 0 Å². The molecule has 0 saturated heterocycles. The van der Waals surface area contributed by atoms with Crippen molar-refractivity contribution in [3.05, 3.63) is 118 Å². The average Bonchev–Trinajstić information content (AvgIpc) is 3.25. The molecule has 2 aliphatic rings. The fourth-order valence-electron chi connectivity index (χ4n) is 4.53. The molecular weight excluding hydrogens is 328 g/mol. The molecule has 0 amide bonds. The van der Waals surface area contributed by atoms with E-state index in [-0.39, 0.29) is 9.52 Å². The zero-order valence-electron chi connectivity index (χ0n) is 14.8. The van der Waals surface area contributed by atoms with Crippen LogP contribution in [-0.2, 0) is 6.42 Å². The van der Waals surface area contributed by atoms with Gasteiger partial charge in [-0.15, -0.1) is 0 Å². The van der Waals surface area contributed by atoms with Gasteiger partial charge in [0.1, 0.15) is 0 Å². The van der Waals surface area contributed by atoms with E-state index in [0.29, 0.717) is 11.1 Å². The summed E-state index contributed by atoms with van der Waals surface area (Å²) in [6, 6.07) is 28.9. The minimum Gasteiger partial charge on any atom is -0.0797 e. The highest BCUT2D eigenvalue weighted by Gasteiger charge is 2.29. The summed E-state index contributed by atoms with van der Waals surface area (Å²) >= 11 is 0. The van der Waals surface area contributed by atoms with Crippen molar-refractivity contribution in [2.24, 2.45) is 0 Å². The summed E-state index contributed by atoms with van der Waals surface area (Å²) in [5.74, 6) is 0. The van der Waals surface area contributed by atoms with Gasteiger partial charge in [0.05, 0.1) is 0 Å². The molecule has 0 heterocycles. The quantitative estimate of drug-likeness (QED) is 0.560. The first-order chi connectivity index (χ1) is 12.9. The Morgan fingerprint density at radius 1 is 0.692 bits per heavy atom. The summed E-state index contributed by atoms with van der Waals surface area (Å²) in [6.45, 7) is 0. The summed E-state index contributed by atoms with van der Waals surface area (Å²) in [5.41, 5.74) is 10.3. The molecule has 126 valence electrons. The third-order valence-electron chi connectivity index (χ3n) is 5.80. The second-order valence-electron chi connectivity index (χ2n) is 7.39. The minimum atomic E-state index is -0.372. The lowest BCUT2D eigenvalue weighted by molar-refractivity contribution is 1.00. The Morgan fingerprint density at radius 3 is 2.23 bits per heavy atom. The summed E-state index contributed by atoms with van der Waals surface area (Å²) < 4.78 is 0. The van der Waals surface area contributed by atoms with Crippen LogP contribution in [0.4, 0.5) is 0 Å². The number of hydrogen-bond donors (Lipinski definition) is 0. The number of benzene rings is 3. The SMILES string of the molecule is C1=CC([SiH2]C2C(Cc3ccccc3)=Cc3ccccc32)c2ccccc21. The van der Waals surface area contributed by atoms with Gasteiger partial charge < -0.3 is 0 Å². The first kappa shape index (κ1) is 15.6. The summed E-state index contributed by atoms with van der Waals surface area (Å²) in [7, 11) is -0.372. The van der Waals surface area contributed by atoms with Crippen LogP contribution in [0.1, 0.15) is 38.9 Å². The van der Waals surface area contributed by atoms with Gasteiger partial charge in [-0.25, -0.2) is 0 Å². The highest BCUT2D eigenvalue weighted by atomic mass is 28.2. The topological polar surface area (TPSA) is 0 Å². The minimum absolute atomic E-state index is 0.372. The fourth-order valence-corrected chi connectivity index (χ4v) is 7.14. The first-order valence-electron chi connectivity index (χ1n) is 9.49. The van der Waals surface area contributed by atoms with Gasteiger partial charge in [-0.1, -0.05) is 103 Å². The molecule has 1 heteroatoms. The Morgan fingerprint density at radius 2 is 1.38 bits per heavy atom. The Labute approximate surface area is 157 Å². The van der Waals surface area contributed by atoms with Crippen molar-refractivity contribution >= 4 is 21.7 Å². The molecule has 2 atom stereocenters. The molecular formula is C25H22Si. The van der Waals surface area contributed by atoms with Crippen LogP contribution in [0, 0.1) is 0 Å². The molecule has 3 aromatic rings. The monoisotopic (exact) mass is 350 g/mol. The van der Waals surface area contributed by atoms with E-state index in [9.17, 15) is 0 Å². The van der Waals surface area contributed by atoms with Crippen molar-refractivity contribution in [2.75, 3.05) is 0 Å². The fraction of sp³-hybridized carbons (Fsp3) is 0.120. The van der Waals surface area contributed by atoms with Gasteiger partial charge in [-0.2, -0.15) is 0 Å². The van der Waals surface area contributed by atoms with E-state index >= 15 is 0 Å². The van der Waals surface area contributed by atoms with Crippen LogP contribution in [0.25, 0.3) is 12.2 Å². The molecule has 0 bridgehead atoms. The van der Waals surface area contributed by atoms with E-state index in [1.54, 1.807) is 16.7 Å². The van der Waals surface area contributed by atoms with Gasteiger partial charge >= 0.3 is 0 Å². The molecule has 0 aliphatic heterocycles. The molecule has 3 aromatic carbocycles. The Balaban J connectivity index is 1.47. The second-order valence-corrected chi connectivity index (χ2v) is 9.56. The number of fused-ring (bicyclic) bond motifs is 2. The lowest BCUT2D eigenvalue weighted by Crippen LogP contribution is -2.16. The van der Waals surface area contributed by atoms with Gasteiger partial charge in [-0.05, 0) is 45.3 Å². The summed E-state index contributed by atoms with van der Waals surface area (Å²) in [4.78, 5) is 0. The molecule has 0 nitrogen and oxygen atoms in total. The van der Waals surface area contributed by atoms with Crippen molar-refractivity contribution in [1.82, 2.24) is 0 Å². The van der Waals surface area contributed by atoms with Crippen LogP contribution in [0.2, 0.25) is 0 Å². The van der Waals surface area contributed by atoms with Crippen molar-refractivity contribution in [2.45, 2.75) is 17.5 Å². The predicted octanol–water partition coefficient (Wildman–Crippen LogP) is 5.30. The van der Waals surface area contributed by atoms with Gasteiger partial charge in [0.15, 0.2) is 0 Å². The lowest BCUT2D eigenvalue weighted by Gasteiger charge is -2.21. The Bertz CT molecular complexity index is 997. The first-order valence-corrected chi connectivity index (χ1v) is 11.1. The Kier molecular flexibility index (Phi) is 3.95. The molecule has 0 saturated carbocycles. The van der Waals surface area contributed by atoms with Gasteiger partial charge in [-0.3, -0.25) is 0 Å². The molecule has 0 radical (unpaired) electrons. The third kappa shape index (κ3) is 2.79. The van der Waals surface area contributed by atoms with Gasteiger partial charge in [0.2, 0.25) is 0 Å². The maximum atomic E-state index is 2.46. The van der Waals surface area contributed by atoms with E-state index in [2.05, 4.69) is 97.1 Å². The van der Waals surface area contributed by atoms with Gasteiger partial charge in [0, 0.05) is 9.52 Å². The van der Waals surface area contributed by atoms with Crippen LogP contribution < -0.4 is 0 Å². The summed E-state index contributed by atoms with van der Waals surface area (Å²) in [5, 5.41) is 0. The summed E-state index contributed by atoms with van der Waals surface area (Å²) in [6.07, 6.45) is 8.32. The molecule has 0 spiro atoms. The van der Waals surface area contributed by atoms with Gasteiger partial charge in [0.25, 0.3) is 0 Å². The van der Waals surface area contributed by atoms with E-state index in [4.69, 9.17) is 0 Å². The smallest absolute Gasteiger partial charge is 0.0471 e. The lowest BCUT2D eigenvalue weighted by atomic mass is 10.0. The van der Waals surface area contributed by atoms with Crippen LogP contribution in [0.5, 0.6) is 0 Å². The van der Waals surface area contributed by atoms with E-state index in [1.165, 1.54) is 16.7 Å². The normalized spacial score (nSPS) is 20.4. The van der Waals surface area contributed by atoms with Crippen molar-refractivity contribution in [1.29, 1.82) is 0 Å². The number of rotatable bonds is 4. The zero-order valence-corrected chi connectivity index (χ0v) is 16.2. The molecule has 2 aliphatic carbocycles. The molecule has 2 unspecified atom stereocenters. The Hall–Kier alpha value is -2.64. The largest absolute Gasteiger partial charge is 0.0797 e. The number of hydrogen-bond acceptors (Lipinski definition) is 0. The van der Waals surface area contributed by atoms with Crippen molar-refractivity contribution < 1.29 is 0 Å².